The molecular formula is C30H33FO. The van der Waals surface area contributed by atoms with Crippen molar-refractivity contribution in [2.24, 2.45) is 5.92 Å². The van der Waals surface area contributed by atoms with Gasteiger partial charge in [0.1, 0.15) is 11.6 Å². The van der Waals surface area contributed by atoms with E-state index in [1.807, 2.05) is 18.2 Å². The SMILES string of the molecule is C=CC1CCC(c2ccc(-c3ccc(-c4ccc(OC)cc4)cc3)c(CCC)c2F)CC1. The van der Waals surface area contributed by atoms with Crippen molar-refractivity contribution in [3.63, 3.8) is 0 Å². The van der Waals surface area contributed by atoms with Crippen molar-refractivity contribution in [3.05, 3.63) is 90.3 Å². The van der Waals surface area contributed by atoms with Crippen LogP contribution in [0, 0.1) is 11.7 Å². The van der Waals surface area contributed by atoms with E-state index in [4.69, 9.17) is 4.74 Å². The quantitative estimate of drug-likeness (QED) is 0.342. The highest BCUT2D eigenvalue weighted by molar-refractivity contribution is 5.73. The van der Waals surface area contributed by atoms with E-state index in [2.05, 4.69) is 62.0 Å². The second-order valence-electron chi connectivity index (χ2n) is 8.90. The Morgan fingerprint density at radius 1 is 0.875 bits per heavy atom. The van der Waals surface area contributed by atoms with Gasteiger partial charge >= 0.3 is 0 Å². The smallest absolute Gasteiger partial charge is 0.130 e. The summed E-state index contributed by atoms with van der Waals surface area (Å²) in [5, 5.41) is 0. The van der Waals surface area contributed by atoms with Crippen LogP contribution in [0.15, 0.2) is 73.3 Å². The maximum Gasteiger partial charge on any atom is 0.130 e. The molecule has 2 heteroatoms. The molecule has 1 aliphatic rings. The lowest BCUT2D eigenvalue weighted by atomic mass is 9.77. The highest BCUT2D eigenvalue weighted by atomic mass is 19.1. The molecule has 0 heterocycles. The van der Waals surface area contributed by atoms with Crippen LogP contribution >= 0.6 is 0 Å². The second-order valence-corrected chi connectivity index (χ2v) is 8.90. The van der Waals surface area contributed by atoms with Gasteiger partial charge in [0.25, 0.3) is 0 Å². The zero-order valence-corrected chi connectivity index (χ0v) is 19.2. The fourth-order valence-corrected chi connectivity index (χ4v) is 5.01. The van der Waals surface area contributed by atoms with Gasteiger partial charge in [-0.1, -0.05) is 68.0 Å². The lowest BCUT2D eigenvalue weighted by Gasteiger charge is -2.28. The molecule has 0 unspecified atom stereocenters. The summed E-state index contributed by atoms with van der Waals surface area (Å²) in [7, 11) is 1.67. The van der Waals surface area contributed by atoms with E-state index in [1.54, 1.807) is 7.11 Å². The molecule has 4 rings (SSSR count). The number of rotatable bonds is 7. The largest absolute Gasteiger partial charge is 0.497 e. The molecule has 1 aliphatic carbocycles. The summed E-state index contributed by atoms with van der Waals surface area (Å²) in [4.78, 5) is 0. The number of methoxy groups -OCH3 is 1. The molecule has 3 aromatic rings. The summed E-state index contributed by atoms with van der Waals surface area (Å²) in [6, 6.07) is 20.7. The molecule has 0 spiro atoms. The molecule has 32 heavy (non-hydrogen) atoms. The molecule has 0 amide bonds. The third-order valence-electron chi connectivity index (χ3n) is 6.94. The minimum absolute atomic E-state index is 0.0191. The van der Waals surface area contributed by atoms with Crippen molar-refractivity contribution in [3.8, 4) is 28.0 Å². The van der Waals surface area contributed by atoms with Gasteiger partial charge in [0.15, 0.2) is 0 Å². The Morgan fingerprint density at radius 2 is 1.47 bits per heavy atom. The van der Waals surface area contributed by atoms with Gasteiger partial charge in [-0.15, -0.1) is 6.58 Å². The van der Waals surface area contributed by atoms with Crippen LogP contribution in [0.2, 0.25) is 0 Å². The first-order chi connectivity index (χ1) is 15.6. The van der Waals surface area contributed by atoms with Crippen molar-refractivity contribution in [2.45, 2.75) is 51.4 Å². The highest BCUT2D eigenvalue weighted by Gasteiger charge is 2.25. The summed E-state index contributed by atoms with van der Waals surface area (Å²) >= 11 is 0. The third kappa shape index (κ3) is 4.65. The van der Waals surface area contributed by atoms with Gasteiger partial charge in [-0.25, -0.2) is 4.39 Å². The minimum atomic E-state index is 0.0191. The van der Waals surface area contributed by atoms with Crippen LogP contribution < -0.4 is 4.74 Å². The first kappa shape index (κ1) is 22.3. The van der Waals surface area contributed by atoms with Gasteiger partial charge in [0.2, 0.25) is 0 Å². The molecule has 0 bridgehead atoms. The molecule has 3 aromatic carbocycles. The molecular weight excluding hydrogens is 395 g/mol. The number of hydrogen-bond donors (Lipinski definition) is 0. The monoisotopic (exact) mass is 428 g/mol. The number of halogens is 1. The molecule has 0 atom stereocenters. The Hall–Kier alpha value is -2.87. The highest BCUT2D eigenvalue weighted by Crippen LogP contribution is 2.40. The van der Waals surface area contributed by atoms with Crippen molar-refractivity contribution in [1.82, 2.24) is 0 Å². The lowest BCUT2D eigenvalue weighted by Crippen LogP contribution is -2.14. The van der Waals surface area contributed by atoms with E-state index in [9.17, 15) is 0 Å². The summed E-state index contributed by atoms with van der Waals surface area (Å²) in [6.45, 7) is 6.06. The normalized spacial score (nSPS) is 18.3. The van der Waals surface area contributed by atoms with E-state index in [0.29, 0.717) is 11.8 Å². The lowest BCUT2D eigenvalue weighted by molar-refractivity contribution is 0.368. The zero-order chi connectivity index (χ0) is 22.5. The van der Waals surface area contributed by atoms with Gasteiger partial charge in [-0.3, -0.25) is 0 Å². The fraction of sp³-hybridized carbons (Fsp3) is 0.333. The molecule has 0 aromatic heterocycles. The van der Waals surface area contributed by atoms with Gasteiger partial charge < -0.3 is 4.74 Å². The summed E-state index contributed by atoms with van der Waals surface area (Å²) < 4.78 is 21.0. The van der Waals surface area contributed by atoms with Gasteiger partial charge in [0, 0.05) is 0 Å². The third-order valence-corrected chi connectivity index (χ3v) is 6.94. The molecule has 0 N–H and O–H groups in total. The van der Waals surface area contributed by atoms with E-state index >= 15 is 4.39 Å². The summed E-state index contributed by atoms with van der Waals surface area (Å²) in [6.07, 6.45) is 8.09. The van der Waals surface area contributed by atoms with Crippen molar-refractivity contribution in [1.29, 1.82) is 0 Å². The predicted octanol–water partition coefficient (Wildman–Crippen LogP) is 8.58. The van der Waals surface area contributed by atoms with Crippen molar-refractivity contribution in [2.75, 3.05) is 7.11 Å². The van der Waals surface area contributed by atoms with Crippen LogP contribution in [0.25, 0.3) is 22.3 Å². The van der Waals surface area contributed by atoms with Gasteiger partial charge in [-0.2, -0.15) is 0 Å². The van der Waals surface area contributed by atoms with Crippen LogP contribution in [0.5, 0.6) is 5.75 Å². The summed E-state index contributed by atoms with van der Waals surface area (Å²) in [5.41, 5.74) is 6.16. The number of benzene rings is 3. The van der Waals surface area contributed by atoms with E-state index in [1.165, 1.54) is 0 Å². The molecule has 166 valence electrons. The van der Waals surface area contributed by atoms with Crippen LogP contribution in [-0.2, 0) is 6.42 Å². The summed E-state index contributed by atoms with van der Waals surface area (Å²) in [5.74, 6) is 1.79. The Kier molecular flexibility index (Phi) is 7.09. The Morgan fingerprint density at radius 3 is 2.03 bits per heavy atom. The van der Waals surface area contributed by atoms with Crippen LogP contribution in [0.4, 0.5) is 4.39 Å². The number of ether oxygens (including phenoxy) is 1. The first-order valence-electron chi connectivity index (χ1n) is 11.8. The average Bonchev–Trinajstić information content (AvgIpc) is 2.86. The topological polar surface area (TPSA) is 9.23 Å². The van der Waals surface area contributed by atoms with Crippen LogP contribution in [0.3, 0.4) is 0 Å². The van der Waals surface area contributed by atoms with Crippen LogP contribution in [-0.4, -0.2) is 7.11 Å². The molecule has 1 saturated carbocycles. The van der Waals surface area contributed by atoms with Crippen molar-refractivity contribution >= 4 is 0 Å². The fourth-order valence-electron chi connectivity index (χ4n) is 5.01. The molecule has 0 aliphatic heterocycles. The van der Waals surface area contributed by atoms with Gasteiger partial charge in [-0.05, 0) is 89.5 Å². The maximum absolute atomic E-state index is 15.8. The zero-order valence-electron chi connectivity index (χ0n) is 19.2. The van der Waals surface area contributed by atoms with E-state index < -0.39 is 0 Å². The molecule has 1 fully saturated rings. The number of hydrogen-bond acceptors (Lipinski definition) is 1. The van der Waals surface area contributed by atoms with Crippen molar-refractivity contribution < 1.29 is 9.13 Å². The standard InChI is InChI=1S/C30H33FO/c1-4-6-29-27(19-20-28(30(29)31)25-9-7-21(5-2)8-10-25)24-13-11-22(12-14-24)23-15-17-26(32-3)18-16-23/h5,11-21,25H,2,4,6-10H2,1,3H3. The average molecular weight is 429 g/mol. The molecule has 1 nitrogen and oxygen atoms in total. The molecule has 0 saturated heterocycles. The van der Waals surface area contributed by atoms with Gasteiger partial charge in [0.05, 0.1) is 7.11 Å². The second kappa shape index (κ2) is 10.2. The predicted molar refractivity (Wildman–Crippen MR) is 133 cm³/mol. The first-order valence-corrected chi connectivity index (χ1v) is 11.8. The Bertz CT molecular complexity index is 1040. The molecule has 0 radical (unpaired) electrons. The van der Waals surface area contributed by atoms with Crippen LogP contribution in [0.1, 0.15) is 56.1 Å². The Balaban J connectivity index is 1.62. The Labute approximate surface area is 192 Å². The van der Waals surface area contributed by atoms with E-state index in [0.717, 1.165) is 77.7 Å². The van der Waals surface area contributed by atoms with E-state index in [-0.39, 0.29) is 5.82 Å². The maximum atomic E-state index is 15.8. The number of allylic oxidation sites excluding steroid dienone is 1. The minimum Gasteiger partial charge on any atom is -0.497 e.